The average molecular weight is 281 g/mol. The Bertz CT molecular complexity index is 253. The minimum atomic E-state index is 0.660. The second-order valence-electron chi connectivity index (χ2n) is 7.08. The Morgan fingerprint density at radius 3 is 2.25 bits per heavy atom. The first-order chi connectivity index (χ1) is 9.70. The molecule has 2 fully saturated rings. The molecule has 1 aliphatic carbocycles. The Morgan fingerprint density at radius 2 is 1.70 bits per heavy atom. The Labute approximate surface area is 126 Å². The summed E-state index contributed by atoms with van der Waals surface area (Å²) < 4.78 is 0. The lowest BCUT2D eigenvalue weighted by Crippen LogP contribution is -2.53. The van der Waals surface area contributed by atoms with Gasteiger partial charge in [-0.15, -0.1) is 0 Å². The van der Waals surface area contributed by atoms with E-state index in [-0.39, 0.29) is 0 Å². The summed E-state index contributed by atoms with van der Waals surface area (Å²) in [4.78, 5) is 5.44. The maximum Gasteiger partial charge on any atom is 0.0217 e. The van der Waals surface area contributed by atoms with Crippen LogP contribution in [0.4, 0.5) is 0 Å². The fraction of sp³-hybridized carbons (Fsp3) is 1.00. The highest BCUT2D eigenvalue weighted by molar-refractivity contribution is 4.84. The van der Waals surface area contributed by atoms with Gasteiger partial charge in [0.1, 0.15) is 0 Å². The first kappa shape index (κ1) is 16.3. The molecular weight excluding hydrogens is 246 g/mol. The summed E-state index contributed by atoms with van der Waals surface area (Å²) in [6.45, 7) is 14.5. The van der Waals surface area contributed by atoms with E-state index in [1.165, 1.54) is 64.8 Å². The molecule has 3 heteroatoms. The maximum absolute atomic E-state index is 3.73. The molecule has 0 radical (unpaired) electrons. The van der Waals surface area contributed by atoms with Gasteiger partial charge in [0.05, 0.1) is 0 Å². The monoisotopic (exact) mass is 281 g/mol. The van der Waals surface area contributed by atoms with Gasteiger partial charge in [-0.05, 0) is 31.7 Å². The molecule has 1 saturated heterocycles. The van der Waals surface area contributed by atoms with Crippen LogP contribution in [0.2, 0.25) is 0 Å². The fourth-order valence-corrected chi connectivity index (χ4v) is 3.70. The average Bonchev–Trinajstić information content (AvgIpc) is 2.98. The molecule has 1 heterocycles. The van der Waals surface area contributed by atoms with Crippen molar-refractivity contribution in [3.8, 4) is 0 Å². The smallest absolute Gasteiger partial charge is 0.0217 e. The molecule has 1 saturated carbocycles. The molecule has 3 nitrogen and oxygen atoms in total. The topological polar surface area (TPSA) is 18.5 Å². The van der Waals surface area contributed by atoms with Crippen LogP contribution in [0.3, 0.4) is 0 Å². The molecule has 0 aromatic heterocycles. The third-order valence-corrected chi connectivity index (χ3v) is 5.16. The molecular formula is C17H35N3. The van der Waals surface area contributed by atoms with Crippen LogP contribution in [-0.4, -0.2) is 61.2 Å². The van der Waals surface area contributed by atoms with Gasteiger partial charge in [0, 0.05) is 44.8 Å². The molecule has 1 aliphatic heterocycles. The van der Waals surface area contributed by atoms with E-state index in [1.54, 1.807) is 0 Å². The number of hydrogen-bond donors (Lipinski definition) is 1. The summed E-state index contributed by atoms with van der Waals surface area (Å²) in [6.07, 6.45) is 7.06. The van der Waals surface area contributed by atoms with E-state index in [9.17, 15) is 0 Å². The van der Waals surface area contributed by atoms with Crippen LogP contribution in [0.5, 0.6) is 0 Å². The van der Waals surface area contributed by atoms with Crippen molar-refractivity contribution in [3.63, 3.8) is 0 Å². The van der Waals surface area contributed by atoms with Crippen LogP contribution in [0.25, 0.3) is 0 Å². The van der Waals surface area contributed by atoms with Crippen molar-refractivity contribution in [1.82, 2.24) is 15.1 Å². The molecule has 1 atom stereocenters. The van der Waals surface area contributed by atoms with Crippen molar-refractivity contribution >= 4 is 0 Å². The largest absolute Gasteiger partial charge is 0.312 e. The number of nitrogens with zero attached hydrogens (tertiary/aromatic N) is 2. The molecule has 0 bridgehead atoms. The van der Waals surface area contributed by atoms with E-state index in [1.807, 2.05) is 0 Å². The quantitative estimate of drug-likeness (QED) is 0.774. The zero-order chi connectivity index (χ0) is 14.4. The normalized spacial score (nSPS) is 24.6. The van der Waals surface area contributed by atoms with E-state index in [0.29, 0.717) is 6.04 Å². The summed E-state index contributed by atoms with van der Waals surface area (Å²) in [5.41, 5.74) is 0. The van der Waals surface area contributed by atoms with Crippen LogP contribution in [0, 0.1) is 5.92 Å². The van der Waals surface area contributed by atoms with Gasteiger partial charge in [-0.3, -0.25) is 9.80 Å². The molecule has 2 rings (SSSR count). The minimum Gasteiger partial charge on any atom is -0.312 e. The zero-order valence-corrected chi connectivity index (χ0v) is 13.9. The van der Waals surface area contributed by atoms with Gasteiger partial charge in [0.25, 0.3) is 0 Å². The lowest BCUT2D eigenvalue weighted by molar-refractivity contribution is 0.0872. The van der Waals surface area contributed by atoms with E-state index in [2.05, 4.69) is 35.9 Å². The van der Waals surface area contributed by atoms with Gasteiger partial charge in [-0.1, -0.05) is 33.6 Å². The lowest BCUT2D eigenvalue weighted by atomic mass is 10.0. The Balaban J connectivity index is 1.71. The molecule has 0 spiro atoms. The van der Waals surface area contributed by atoms with Crippen LogP contribution >= 0.6 is 0 Å². The van der Waals surface area contributed by atoms with Crippen LogP contribution in [-0.2, 0) is 0 Å². The SMILES string of the molecule is CCCNC(CN1CCN(C2CCCC2)CC1)C(C)C. The predicted molar refractivity (Wildman–Crippen MR) is 87.2 cm³/mol. The Morgan fingerprint density at radius 1 is 1.05 bits per heavy atom. The lowest BCUT2D eigenvalue weighted by Gasteiger charge is -2.40. The highest BCUT2D eigenvalue weighted by atomic mass is 15.3. The molecule has 1 unspecified atom stereocenters. The fourth-order valence-electron chi connectivity index (χ4n) is 3.70. The van der Waals surface area contributed by atoms with Crippen molar-refractivity contribution in [3.05, 3.63) is 0 Å². The standard InChI is InChI=1S/C17H35N3/c1-4-9-18-17(15(2)3)14-19-10-12-20(13-11-19)16-7-5-6-8-16/h15-18H,4-14H2,1-3H3. The molecule has 0 aromatic rings. The van der Waals surface area contributed by atoms with Crippen molar-refractivity contribution in [2.24, 2.45) is 5.92 Å². The first-order valence-corrected chi connectivity index (χ1v) is 8.90. The van der Waals surface area contributed by atoms with E-state index in [4.69, 9.17) is 0 Å². The van der Waals surface area contributed by atoms with Crippen LogP contribution in [0.1, 0.15) is 52.9 Å². The third-order valence-electron chi connectivity index (χ3n) is 5.16. The number of rotatable bonds is 7. The van der Waals surface area contributed by atoms with Gasteiger partial charge in [0.2, 0.25) is 0 Å². The predicted octanol–water partition coefficient (Wildman–Crippen LogP) is 2.57. The van der Waals surface area contributed by atoms with Gasteiger partial charge in [-0.2, -0.15) is 0 Å². The molecule has 0 aromatic carbocycles. The van der Waals surface area contributed by atoms with Crippen molar-refractivity contribution in [2.75, 3.05) is 39.3 Å². The van der Waals surface area contributed by atoms with Crippen LogP contribution in [0.15, 0.2) is 0 Å². The summed E-state index contributed by atoms with van der Waals surface area (Å²) in [5.74, 6) is 0.731. The molecule has 0 amide bonds. The Kier molecular flexibility index (Phi) is 6.79. The van der Waals surface area contributed by atoms with Crippen molar-refractivity contribution < 1.29 is 0 Å². The van der Waals surface area contributed by atoms with Gasteiger partial charge >= 0.3 is 0 Å². The highest BCUT2D eigenvalue weighted by Crippen LogP contribution is 2.24. The number of hydrogen-bond acceptors (Lipinski definition) is 3. The zero-order valence-electron chi connectivity index (χ0n) is 13.9. The summed E-state index contributed by atoms with van der Waals surface area (Å²) in [7, 11) is 0. The van der Waals surface area contributed by atoms with E-state index in [0.717, 1.165) is 18.5 Å². The minimum absolute atomic E-state index is 0.660. The molecule has 118 valence electrons. The highest BCUT2D eigenvalue weighted by Gasteiger charge is 2.27. The first-order valence-electron chi connectivity index (χ1n) is 8.90. The second-order valence-corrected chi connectivity index (χ2v) is 7.08. The molecule has 2 aliphatic rings. The van der Waals surface area contributed by atoms with Crippen molar-refractivity contribution in [1.29, 1.82) is 0 Å². The van der Waals surface area contributed by atoms with Crippen molar-refractivity contribution in [2.45, 2.75) is 65.0 Å². The van der Waals surface area contributed by atoms with Gasteiger partial charge < -0.3 is 5.32 Å². The van der Waals surface area contributed by atoms with Gasteiger partial charge in [-0.25, -0.2) is 0 Å². The molecule has 1 N–H and O–H groups in total. The number of piperazine rings is 1. The van der Waals surface area contributed by atoms with E-state index >= 15 is 0 Å². The number of nitrogens with one attached hydrogen (secondary N) is 1. The second kappa shape index (κ2) is 8.35. The third kappa shape index (κ3) is 4.71. The van der Waals surface area contributed by atoms with E-state index < -0.39 is 0 Å². The van der Waals surface area contributed by atoms with Crippen LogP contribution < -0.4 is 5.32 Å². The maximum atomic E-state index is 3.73. The Hall–Kier alpha value is -0.120. The summed E-state index contributed by atoms with van der Waals surface area (Å²) in [6, 6.07) is 1.57. The molecule has 20 heavy (non-hydrogen) atoms. The summed E-state index contributed by atoms with van der Waals surface area (Å²) in [5, 5.41) is 3.73. The van der Waals surface area contributed by atoms with Gasteiger partial charge in [0.15, 0.2) is 0 Å². The summed E-state index contributed by atoms with van der Waals surface area (Å²) >= 11 is 0.